The number of carbonyl (C=O) groups excluding carboxylic acids is 1. The number of carbonyl (C=O) groups is 1. The number of H-pyrrole nitrogens is 1. The summed E-state index contributed by atoms with van der Waals surface area (Å²) in [5.41, 5.74) is 2.79. The van der Waals surface area contributed by atoms with Gasteiger partial charge in [-0.05, 0) is 13.0 Å². The highest BCUT2D eigenvalue weighted by atomic mass is 16.5. The topological polar surface area (TPSA) is 63.1 Å². The third-order valence-corrected chi connectivity index (χ3v) is 4.51. The lowest BCUT2D eigenvalue weighted by atomic mass is 10.1. The van der Waals surface area contributed by atoms with Crippen molar-refractivity contribution < 1.29 is 9.53 Å². The Kier molecular flexibility index (Phi) is 3.61. The van der Waals surface area contributed by atoms with E-state index in [0.717, 1.165) is 28.0 Å². The van der Waals surface area contributed by atoms with Crippen molar-refractivity contribution in [1.82, 2.24) is 19.4 Å². The molecule has 1 N–H and O–H groups in total. The van der Waals surface area contributed by atoms with Crippen molar-refractivity contribution in [3.63, 3.8) is 0 Å². The van der Waals surface area contributed by atoms with E-state index >= 15 is 0 Å². The van der Waals surface area contributed by atoms with Crippen LogP contribution in [0.15, 0.2) is 36.7 Å². The first-order chi connectivity index (χ1) is 11.6. The average molecular weight is 324 g/mol. The Labute approximate surface area is 140 Å². The summed E-state index contributed by atoms with van der Waals surface area (Å²) in [6, 6.07) is 7.98. The van der Waals surface area contributed by atoms with E-state index in [-0.39, 0.29) is 12.0 Å². The van der Waals surface area contributed by atoms with Gasteiger partial charge in [-0.2, -0.15) is 0 Å². The van der Waals surface area contributed by atoms with Gasteiger partial charge in [0, 0.05) is 42.6 Å². The molecule has 1 aliphatic heterocycles. The molecule has 3 aromatic rings. The van der Waals surface area contributed by atoms with Gasteiger partial charge in [-0.25, -0.2) is 4.98 Å². The molecule has 0 aliphatic carbocycles. The summed E-state index contributed by atoms with van der Waals surface area (Å²) in [5, 5.41) is 0.988. The second kappa shape index (κ2) is 5.79. The zero-order valence-electron chi connectivity index (χ0n) is 13.8. The largest absolute Gasteiger partial charge is 0.367 e. The maximum atomic E-state index is 13.0. The molecular formula is C18H20N4O2. The fraction of sp³-hybridized carbons (Fsp3) is 0.333. The van der Waals surface area contributed by atoms with Gasteiger partial charge in [-0.3, -0.25) is 4.79 Å². The van der Waals surface area contributed by atoms with Crippen LogP contribution in [0.3, 0.4) is 0 Å². The molecule has 0 spiro atoms. The van der Waals surface area contributed by atoms with E-state index in [4.69, 9.17) is 4.74 Å². The number of aromatic amines is 1. The molecule has 4 rings (SSSR count). The number of nitrogens with zero attached hydrogens (tertiary/aromatic N) is 3. The Hall–Kier alpha value is -2.60. The summed E-state index contributed by atoms with van der Waals surface area (Å²) in [7, 11) is 1.97. The molecule has 0 bridgehead atoms. The minimum Gasteiger partial charge on any atom is -0.367 e. The molecule has 1 aromatic carbocycles. The number of amides is 1. The number of fused-ring (bicyclic) bond motifs is 1. The summed E-state index contributed by atoms with van der Waals surface area (Å²) in [6.45, 7) is 3.58. The fourth-order valence-corrected chi connectivity index (χ4v) is 3.28. The second-order valence-electron chi connectivity index (χ2n) is 6.23. The van der Waals surface area contributed by atoms with Gasteiger partial charge in [0.15, 0.2) is 0 Å². The van der Waals surface area contributed by atoms with Crippen molar-refractivity contribution in [3.8, 4) is 0 Å². The number of aromatic nitrogens is 3. The number of rotatable bonds is 2. The molecule has 1 saturated heterocycles. The quantitative estimate of drug-likeness (QED) is 0.787. The molecule has 124 valence electrons. The van der Waals surface area contributed by atoms with Gasteiger partial charge in [0.05, 0.1) is 18.7 Å². The lowest BCUT2D eigenvalue weighted by Gasteiger charge is -2.32. The van der Waals surface area contributed by atoms with E-state index in [1.807, 2.05) is 53.9 Å². The smallest absolute Gasteiger partial charge is 0.256 e. The summed E-state index contributed by atoms with van der Waals surface area (Å²) < 4.78 is 7.79. The van der Waals surface area contributed by atoms with Gasteiger partial charge in [-0.1, -0.05) is 18.2 Å². The van der Waals surface area contributed by atoms with Crippen LogP contribution in [0.2, 0.25) is 0 Å². The lowest BCUT2D eigenvalue weighted by Crippen LogP contribution is -2.42. The van der Waals surface area contributed by atoms with Gasteiger partial charge in [0.2, 0.25) is 0 Å². The third kappa shape index (κ3) is 2.49. The third-order valence-electron chi connectivity index (χ3n) is 4.51. The summed E-state index contributed by atoms with van der Waals surface area (Å²) in [4.78, 5) is 22.4. The Bertz CT molecular complexity index is 895. The maximum absolute atomic E-state index is 13.0. The van der Waals surface area contributed by atoms with E-state index in [9.17, 15) is 4.79 Å². The van der Waals surface area contributed by atoms with Crippen LogP contribution >= 0.6 is 0 Å². The highest BCUT2D eigenvalue weighted by Crippen LogP contribution is 2.25. The van der Waals surface area contributed by atoms with E-state index in [1.165, 1.54) is 0 Å². The Morgan fingerprint density at radius 1 is 1.38 bits per heavy atom. The average Bonchev–Trinajstić information content (AvgIpc) is 3.19. The van der Waals surface area contributed by atoms with Gasteiger partial charge < -0.3 is 19.2 Å². The number of para-hydroxylation sites is 1. The minimum absolute atomic E-state index is 0.0448. The normalized spacial score (nSPS) is 18.2. The molecule has 0 radical (unpaired) electrons. The van der Waals surface area contributed by atoms with Crippen LogP contribution in [0.1, 0.15) is 28.0 Å². The van der Waals surface area contributed by atoms with Gasteiger partial charge >= 0.3 is 0 Å². The molecule has 2 aromatic heterocycles. The molecular weight excluding hydrogens is 304 g/mol. The molecule has 1 unspecified atom stereocenters. The zero-order chi connectivity index (χ0) is 16.7. The number of ether oxygens (including phenoxy) is 1. The Morgan fingerprint density at radius 3 is 3.00 bits per heavy atom. The Morgan fingerprint density at radius 2 is 2.21 bits per heavy atom. The number of hydrogen-bond acceptors (Lipinski definition) is 3. The van der Waals surface area contributed by atoms with Crippen molar-refractivity contribution in [3.05, 3.63) is 53.7 Å². The lowest BCUT2D eigenvalue weighted by molar-refractivity contribution is -0.0264. The van der Waals surface area contributed by atoms with E-state index in [2.05, 4.69) is 9.97 Å². The van der Waals surface area contributed by atoms with Crippen LogP contribution in [0.4, 0.5) is 0 Å². The number of morpholine rings is 1. The van der Waals surface area contributed by atoms with Crippen molar-refractivity contribution in [2.75, 3.05) is 19.7 Å². The van der Waals surface area contributed by atoms with E-state index in [1.54, 1.807) is 6.20 Å². The van der Waals surface area contributed by atoms with Gasteiger partial charge in [0.25, 0.3) is 5.91 Å². The van der Waals surface area contributed by atoms with Crippen molar-refractivity contribution in [2.24, 2.45) is 7.05 Å². The van der Waals surface area contributed by atoms with Gasteiger partial charge in [0.1, 0.15) is 11.9 Å². The molecule has 1 atom stereocenters. The van der Waals surface area contributed by atoms with Crippen LogP contribution in [0.25, 0.3) is 10.9 Å². The number of nitrogens with one attached hydrogen (secondary N) is 1. The van der Waals surface area contributed by atoms with Gasteiger partial charge in [-0.15, -0.1) is 0 Å². The van der Waals surface area contributed by atoms with Crippen molar-refractivity contribution in [2.45, 2.75) is 13.0 Å². The number of benzene rings is 1. The van der Waals surface area contributed by atoms with Crippen LogP contribution in [-0.2, 0) is 11.8 Å². The molecule has 1 amide bonds. The van der Waals surface area contributed by atoms with E-state index < -0.39 is 0 Å². The maximum Gasteiger partial charge on any atom is 0.256 e. The van der Waals surface area contributed by atoms with Crippen LogP contribution in [-0.4, -0.2) is 45.0 Å². The molecule has 1 aliphatic rings. The second-order valence-corrected chi connectivity index (χ2v) is 6.23. The summed E-state index contributed by atoms with van der Waals surface area (Å²) in [5.74, 6) is 0.825. The predicted molar refractivity (Wildman–Crippen MR) is 90.8 cm³/mol. The molecule has 1 fully saturated rings. The zero-order valence-corrected chi connectivity index (χ0v) is 13.8. The Balaban J connectivity index is 1.61. The molecule has 24 heavy (non-hydrogen) atoms. The molecule has 0 saturated carbocycles. The first-order valence-corrected chi connectivity index (χ1v) is 8.10. The molecule has 6 heteroatoms. The number of imidazole rings is 1. The fourth-order valence-electron chi connectivity index (χ4n) is 3.28. The minimum atomic E-state index is -0.202. The SMILES string of the molecule is Cc1cnc(C2CN(C(=O)c3cn(C)c4ccccc34)CCO2)[nH]1. The van der Waals surface area contributed by atoms with Crippen LogP contribution in [0.5, 0.6) is 0 Å². The number of aryl methyl sites for hydroxylation is 2. The molecule has 6 nitrogen and oxygen atoms in total. The highest BCUT2D eigenvalue weighted by molar-refractivity contribution is 6.07. The first kappa shape index (κ1) is 15.0. The predicted octanol–water partition coefficient (Wildman–Crippen LogP) is 2.42. The monoisotopic (exact) mass is 324 g/mol. The standard InChI is InChI=1S/C18H20N4O2/c1-12-9-19-17(20-12)16-11-22(7-8-24-16)18(23)14-10-21(2)15-6-4-3-5-13(14)15/h3-6,9-10,16H,7-8,11H2,1-2H3,(H,19,20). The number of hydrogen-bond donors (Lipinski definition) is 1. The highest BCUT2D eigenvalue weighted by Gasteiger charge is 2.29. The van der Waals surface area contributed by atoms with Crippen molar-refractivity contribution in [1.29, 1.82) is 0 Å². The first-order valence-electron chi connectivity index (χ1n) is 8.10. The summed E-state index contributed by atoms with van der Waals surface area (Å²) in [6.07, 6.45) is 3.49. The molecule has 3 heterocycles. The van der Waals surface area contributed by atoms with Crippen LogP contribution < -0.4 is 0 Å². The van der Waals surface area contributed by atoms with Crippen LogP contribution in [0, 0.1) is 6.92 Å². The van der Waals surface area contributed by atoms with E-state index in [0.29, 0.717) is 19.7 Å². The van der Waals surface area contributed by atoms with Crippen molar-refractivity contribution >= 4 is 16.8 Å². The summed E-state index contributed by atoms with van der Waals surface area (Å²) >= 11 is 0.